The molecule has 180 valence electrons. The molecule has 2 amide bonds. The summed E-state index contributed by atoms with van der Waals surface area (Å²) in [5.41, 5.74) is 5.46. The molecule has 7 heteroatoms. The van der Waals surface area contributed by atoms with Crippen LogP contribution in [0.5, 0.6) is 11.5 Å². The highest BCUT2D eigenvalue weighted by molar-refractivity contribution is 6.39. The zero-order chi connectivity index (χ0) is 25.0. The average Bonchev–Trinajstić information content (AvgIpc) is 2.93. The lowest BCUT2D eigenvalue weighted by Gasteiger charge is -2.09. The lowest BCUT2D eigenvalue weighted by Crippen LogP contribution is -2.32. The van der Waals surface area contributed by atoms with Gasteiger partial charge in [-0.25, -0.2) is 5.43 Å². The van der Waals surface area contributed by atoms with E-state index in [0.29, 0.717) is 36.0 Å². The van der Waals surface area contributed by atoms with Gasteiger partial charge in [0.1, 0.15) is 24.7 Å². The third-order valence-corrected chi connectivity index (χ3v) is 5.09. The second-order valence-electron chi connectivity index (χ2n) is 7.76. The van der Waals surface area contributed by atoms with Crippen molar-refractivity contribution >= 4 is 23.7 Å². The molecular weight excluding hydrogens is 454 g/mol. The Morgan fingerprint density at radius 1 is 0.667 bits per heavy atom. The quantitative estimate of drug-likeness (QED) is 0.202. The minimum absolute atomic E-state index is 0.399. The van der Waals surface area contributed by atoms with Crippen LogP contribution in [0.3, 0.4) is 0 Å². The Balaban J connectivity index is 1.26. The third-order valence-electron chi connectivity index (χ3n) is 5.09. The molecule has 7 nitrogen and oxygen atoms in total. The molecule has 0 aliphatic carbocycles. The van der Waals surface area contributed by atoms with E-state index < -0.39 is 11.8 Å². The standard InChI is InChI=1S/C29H25N3O4/c33-28(31-25-15-17-26(18-16-25)35-20-22-9-3-1-4-10-22)29(34)32-30-19-24-13-7-8-14-27(24)36-21-23-11-5-2-6-12-23/h1-19H,20-21H2,(H,31,33)(H,32,34)/b30-19+. The van der Waals surface area contributed by atoms with E-state index in [2.05, 4.69) is 15.8 Å². The molecule has 0 fully saturated rings. The Hall–Kier alpha value is -4.91. The molecule has 0 saturated heterocycles. The number of benzene rings is 4. The van der Waals surface area contributed by atoms with E-state index in [-0.39, 0.29) is 0 Å². The van der Waals surface area contributed by atoms with E-state index in [4.69, 9.17) is 9.47 Å². The third kappa shape index (κ3) is 7.30. The van der Waals surface area contributed by atoms with Crippen LogP contribution in [0.2, 0.25) is 0 Å². The molecule has 2 N–H and O–H groups in total. The van der Waals surface area contributed by atoms with Crippen molar-refractivity contribution in [3.05, 3.63) is 126 Å². The van der Waals surface area contributed by atoms with E-state index in [9.17, 15) is 9.59 Å². The molecule has 0 atom stereocenters. The van der Waals surface area contributed by atoms with Gasteiger partial charge < -0.3 is 14.8 Å². The van der Waals surface area contributed by atoms with Gasteiger partial charge in [0.05, 0.1) is 6.21 Å². The van der Waals surface area contributed by atoms with Crippen molar-refractivity contribution in [1.29, 1.82) is 0 Å². The van der Waals surface area contributed by atoms with E-state index in [0.717, 1.165) is 11.1 Å². The number of anilines is 1. The number of carbonyl (C=O) groups is 2. The van der Waals surface area contributed by atoms with Gasteiger partial charge in [-0.3, -0.25) is 9.59 Å². The van der Waals surface area contributed by atoms with Gasteiger partial charge in [-0.15, -0.1) is 0 Å². The Bertz CT molecular complexity index is 1310. The smallest absolute Gasteiger partial charge is 0.329 e. The van der Waals surface area contributed by atoms with E-state index >= 15 is 0 Å². The molecule has 0 unspecified atom stereocenters. The first-order valence-electron chi connectivity index (χ1n) is 11.3. The molecule has 0 aromatic heterocycles. The van der Waals surface area contributed by atoms with Crippen LogP contribution in [-0.4, -0.2) is 18.0 Å². The molecule has 4 aromatic carbocycles. The van der Waals surface area contributed by atoms with Crippen molar-refractivity contribution in [2.24, 2.45) is 5.10 Å². The van der Waals surface area contributed by atoms with Crippen molar-refractivity contribution in [2.75, 3.05) is 5.32 Å². The predicted octanol–water partition coefficient (Wildman–Crippen LogP) is 4.93. The summed E-state index contributed by atoms with van der Waals surface area (Å²) < 4.78 is 11.6. The number of hydrogen-bond acceptors (Lipinski definition) is 5. The Kier molecular flexibility index (Phi) is 8.43. The van der Waals surface area contributed by atoms with Crippen LogP contribution < -0.4 is 20.2 Å². The zero-order valence-corrected chi connectivity index (χ0v) is 19.5. The van der Waals surface area contributed by atoms with E-state index in [1.165, 1.54) is 6.21 Å². The summed E-state index contributed by atoms with van der Waals surface area (Å²) in [6.07, 6.45) is 1.43. The summed E-state index contributed by atoms with van der Waals surface area (Å²) in [7, 11) is 0. The number of carbonyl (C=O) groups excluding carboxylic acids is 2. The average molecular weight is 480 g/mol. The molecule has 0 aliphatic heterocycles. The van der Waals surface area contributed by atoms with Crippen molar-refractivity contribution in [3.63, 3.8) is 0 Å². The highest BCUT2D eigenvalue weighted by Gasteiger charge is 2.13. The van der Waals surface area contributed by atoms with Crippen LogP contribution in [0, 0.1) is 0 Å². The minimum atomic E-state index is -0.890. The van der Waals surface area contributed by atoms with Crippen LogP contribution >= 0.6 is 0 Å². The summed E-state index contributed by atoms with van der Waals surface area (Å²) in [5, 5.41) is 6.44. The monoisotopic (exact) mass is 479 g/mol. The van der Waals surface area contributed by atoms with Gasteiger partial charge in [-0.1, -0.05) is 72.8 Å². The molecule has 36 heavy (non-hydrogen) atoms. The number of hydrazone groups is 1. The van der Waals surface area contributed by atoms with Gasteiger partial charge in [0.2, 0.25) is 0 Å². The summed E-state index contributed by atoms with van der Waals surface area (Å²) in [4.78, 5) is 24.4. The number of rotatable bonds is 9. The van der Waals surface area contributed by atoms with Crippen molar-refractivity contribution in [3.8, 4) is 11.5 Å². The van der Waals surface area contributed by atoms with Crippen LogP contribution in [-0.2, 0) is 22.8 Å². The van der Waals surface area contributed by atoms with Gasteiger partial charge >= 0.3 is 11.8 Å². The first-order valence-corrected chi connectivity index (χ1v) is 11.3. The molecule has 4 rings (SSSR count). The Morgan fingerprint density at radius 3 is 1.92 bits per heavy atom. The lowest BCUT2D eigenvalue weighted by molar-refractivity contribution is -0.136. The van der Waals surface area contributed by atoms with Crippen LogP contribution in [0.1, 0.15) is 16.7 Å². The summed E-state index contributed by atoms with van der Waals surface area (Å²) in [5.74, 6) is -0.463. The number of ether oxygens (including phenoxy) is 2. The second kappa shape index (κ2) is 12.5. The first kappa shape index (κ1) is 24.2. The van der Waals surface area contributed by atoms with E-state index in [1.54, 1.807) is 30.3 Å². The predicted molar refractivity (Wildman–Crippen MR) is 139 cm³/mol. The largest absolute Gasteiger partial charge is 0.489 e. The number of hydrogen-bond donors (Lipinski definition) is 2. The molecule has 0 radical (unpaired) electrons. The molecular formula is C29H25N3O4. The molecule has 4 aromatic rings. The molecule has 0 spiro atoms. The van der Waals surface area contributed by atoms with Gasteiger partial charge in [0, 0.05) is 11.3 Å². The SMILES string of the molecule is O=C(N/N=C/c1ccccc1OCc1ccccc1)C(=O)Nc1ccc(OCc2ccccc2)cc1. The fraction of sp³-hybridized carbons (Fsp3) is 0.0690. The maximum Gasteiger partial charge on any atom is 0.329 e. The minimum Gasteiger partial charge on any atom is -0.489 e. The number of nitrogens with zero attached hydrogens (tertiary/aromatic N) is 1. The van der Waals surface area contributed by atoms with Crippen LogP contribution in [0.15, 0.2) is 114 Å². The van der Waals surface area contributed by atoms with E-state index in [1.807, 2.05) is 78.9 Å². The summed E-state index contributed by atoms with van der Waals surface area (Å²) in [6.45, 7) is 0.837. The zero-order valence-electron chi connectivity index (χ0n) is 19.5. The maximum atomic E-state index is 12.2. The second-order valence-corrected chi connectivity index (χ2v) is 7.76. The van der Waals surface area contributed by atoms with Crippen LogP contribution in [0.4, 0.5) is 5.69 Å². The number of para-hydroxylation sites is 1. The number of amides is 2. The fourth-order valence-electron chi connectivity index (χ4n) is 3.23. The van der Waals surface area contributed by atoms with Crippen molar-refractivity contribution in [2.45, 2.75) is 13.2 Å². The Labute approximate surface area is 209 Å². The molecule has 0 aliphatic rings. The van der Waals surface area contributed by atoms with Crippen molar-refractivity contribution < 1.29 is 19.1 Å². The van der Waals surface area contributed by atoms with Gasteiger partial charge in [0.15, 0.2) is 0 Å². The highest BCUT2D eigenvalue weighted by Crippen LogP contribution is 2.18. The number of nitrogens with one attached hydrogen (secondary N) is 2. The Morgan fingerprint density at radius 2 is 1.25 bits per heavy atom. The van der Waals surface area contributed by atoms with Crippen LogP contribution in [0.25, 0.3) is 0 Å². The lowest BCUT2D eigenvalue weighted by atomic mass is 10.2. The molecule has 0 saturated carbocycles. The van der Waals surface area contributed by atoms with Gasteiger partial charge in [0.25, 0.3) is 0 Å². The summed E-state index contributed by atoms with van der Waals surface area (Å²) >= 11 is 0. The topological polar surface area (TPSA) is 89.0 Å². The van der Waals surface area contributed by atoms with Crippen molar-refractivity contribution in [1.82, 2.24) is 5.43 Å². The first-order chi connectivity index (χ1) is 17.7. The maximum absolute atomic E-state index is 12.2. The normalized spacial score (nSPS) is 10.6. The molecule has 0 heterocycles. The van der Waals surface area contributed by atoms with Gasteiger partial charge in [-0.05, 0) is 47.5 Å². The van der Waals surface area contributed by atoms with Gasteiger partial charge in [-0.2, -0.15) is 5.10 Å². The summed E-state index contributed by atoms with van der Waals surface area (Å²) in [6, 6.07) is 33.6. The highest BCUT2D eigenvalue weighted by atomic mass is 16.5. The molecule has 0 bridgehead atoms. The fourth-order valence-corrected chi connectivity index (χ4v) is 3.23.